The topological polar surface area (TPSA) is 49.3 Å². The minimum absolute atomic E-state index is 0.0889. The van der Waals surface area contributed by atoms with Gasteiger partial charge in [-0.2, -0.15) is 0 Å². The van der Waals surface area contributed by atoms with Crippen molar-refractivity contribution in [1.82, 2.24) is 14.9 Å². The summed E-state index contributed by atoms with van der Waals surface area (Å²) in [5.74, 6) is 1.61. The molecule has 27 heavy (non-hydrogen) atoms. The third-order valence-corrected chi connectivity index (χ3v) is 5.57. The molecule has 0 spiro atoms. The first kappa shape index (κ1) is 18.0. The molecule has 2 saturated heterocycles. The number of carbonyl (C=O) groups excluding carboxylic acids is 1. The van der Waals surface area contributed by atoms with E-state index in [1.165, 1.54) is 18.4 Å². The number of rotatable bonds is 3. The second kappa shape index (κ2) is 8.07. The van der Waals surface area contributed by atoms with Crippen LogP contribution in [0.5, 0.6) is 0 Å². The Bertz CT molecular complexity index is 808. The van der Waals surface area contributed by atoms with Crippen LogP contribution in [-0.4, -0.2) is 47.0 Å². The summed E-state index contributed by atoms with van der Waals surface area (Å²) in [6.45, 7) is 5.69. The van der Waals surface area contributed by atoms with Gasteiger partial charge in [-0.05, 0) is 51.5 Å². The van der Waals surface area contributed by atoms with Gasteiger partial charge in [-0.1, -0.05) is 23.8 Å². The molecule has 2 aliphatic rings. The molecule has 0 N–H and O–H groups in total. The van der Waals surface area contributed by atoms with E-state index < -0.39 is 0 Å². The minimum atomic E-state index is 0.0889. The summed E-state index contributed by atoms with van der Waals surface area (Å²) >= 11 is 0. The van der Waals surface area contributed by atoms with E-state index in [1.807, 2.05) is 17.0 Å². The van der Waals surface area contributed by atoms with Crippen molar-refractivity contribution in [2.45, 2.75) is 45.4 Å². The van der Waals surface area contributed by atoms with Crippen molar-refractivity contribution in [1.29, 1.82) is 0 Å². The zero-order valence-corrected chi connectivity index (χ0v) is 16.2. The van der Waals surface area contributed by atoms with E-state index in [2.05, 4.69) is 28.9 Å². The van der Waals surface area contributed by atoms with Gasteiger partial charge in [0.1, 0.15) is 11.4 Å². The molecule has 142 valence electrons. The van der Waals surface area contributed by atoms with Gasteiger partial charge in [0.2, 0.25) is 0 Å². The maximum Gasteiger partial charge on any atom is 0.259 e. The van der Waals surface area contributed by atoms with Crippen LogP contribution in [0.1, 0.15) is 54.4 Å². The quantitative estimate of drug-likeness (QED) is 0.824. The molecule has 0 atom stereocenters. The second-order valence-corrected chi connectivity index (χ2v) is 7.70. The summed E-state index contributed by atoms with van der Waals surface area (Å²) in [5.41, 5.74) is 2.85. The third kappa shape index (κ3) is 3.97. The largest absolute Gasteiger partial charge is 0.356 e. The van der Waals surface area contributed by atoms with Crippen molar-refractivity contribution >= 4 is 11.7 Å². The van der Waals surface area contributed by atoms with Gasteiger partial charge in [0.25, 0.3) is 5.91 Å². The lowest BCUT2D eigenvalue weighted by atomic mass is 10.1. The summed E-state index contributed by atoms with van der Waals surface area (Å²) in [4.78, 5) is 26.9. The lowest BCUT2D eigenvalue weighted by molar-refractivity contribution is 0.0724. The van der Waals surface area contributed by atoms with E-state index in [0.29, 0.717) is 11.4 Å². The van der Waals surface area contributed by atoms with Gasteiger partial charge in [0.05, 0.1) is 0 Å². The highest BCUT2D eigenvalue weighted by Gasteiger charge is 2.26. The van der Waals surface area contributed by atoms with Crippen LogP contribution < -0.4 is 4.90 Å². The predicted octanol–water partition coefficient (Wildman–Crippen LogP) is 4.07. The molecule has 0 aliphatic carbocycles. The number of aryl methyl sites for hydroxylation is 1. The first-order valence-corrected chi connectivity index (χ1v) is 10.2. The second-order valence-electron chi connectivity index (χ2n) is 7.70. The molecule has 3 heterocycles. The van der Waals surface area contributed by atoms with E-state index in [-0.39, 0.29) is 5.91 Å². The number of amides is 1. The third-order valence-electron chi connectivity index (χ3n) is 5.57. The highest BCUT2D eigenvalue weighted by molar-refractivity contribution is 5.99. The SMILES string of the molecule is Cc1cccc(-c2ncc(C(=O)N3CCCCC3)c(N3CCCCC3)n2)c1. The number of benzene rings is 1. The van der Waals surface area contributed by atoms with E-state index in [0.717, 1.165) is 63.2 Å². The smallest absolute Gasteiger partial charge is 0.259 e. The zero-order valence-electron chi connectivity index (χ0n) is 16.2. The lowest BCUT2D eigenvalue weighted by Gasteiger charge is -2.31. The molecule has 5 heteroatoms. The Kier molecular flexibility index (Phi) is 5.37. The van der Waals surface area contributed by atoms with Crippen molar-refractivity contribution in [3.8, 4) is 11.4 Å². The van der Waals surface area contributed by atoms with Crippen LogP contribution in [0.25, 0.3) is 11.4 Å². The van der Waals surface area contributed by atoms with Crippen molar-refractivity contribution in [3.05, 3.63) is 41.6 Å². The number of hydrogen-bond donors (Lipinski definition) is 0. The van der Waals surface area contributed by atoms with Gasteiger partial charge in [-0.15, -0.1) is 0 Å². The Labute approximate surface area is 161 Å². The first-order valence-electron chi connectivity index (χ1n) is 10.2. The van der Waals surface area contributed by atoms with E-state index in [9.17, 15) is 4.79 Å². The molecular weight excluding hydrogens is 336 g/mol. The Morgan fingerprint density at radius 2 is 1.67 bits per heavy atom. The average molecular weight is 364 g/mol. The van der Waals surface area contributed by atoms with E-state index in [4.69, 9.17) is 4.98 Å². The van der Waals surface area contributed by atoms with E-state index in [1.54, 1.807) is 6.20 Å². The Balaban J connectivity index is 1.72. The van der Waals surface area contributed by atoms with Gasteiger partial charge in [0, 0.05) is 37.9 Å². The summed E-state index contributed by atoms with van der Waals surface area (Å²) in [7, 11) is 0. The highest BCUT2D eigenvalue weighted by Crippen LogP contribution is 2.27. The summed E-state index contributed by atoms with van der Waals surface area (Å²) in [6, 6.07) is 8.24. The number of anilines is 1. The van der Waals surface area contributed by atoms with Crippen LogP contribution >= 0.6 is 0 Å². The number of hydrogen-bond acceptors (Lipinski definition) is 4. The molecule has 0 unspecified atom stereocenters. The van der Waals surface area contributed by atoms with Crippen LogP contribution in [-0.2, 0) is 0 Å². The molecule has 5 nitrogen and oxygen atoms in total. The van der Waals surface area contributed by atoms with Crippen LogP contribution in [0.4, 0.5) is 5.82 Å². The van der Waals surface area contributed by atoms with Crippen LogP contribution in [0.3, 0.4) is 0 Å². The molecule has 2 aromatic rings. The molecule has 0 bridgehead atoms. The number of carbonyl (C=O) groups is 1. The fourth-order valence-corrected chi connectivity index (χ4v) is 4.06. The van der Waals surface area contributed by atoms with Crippen molar-refractivity contribution in [3.63, 3.8) is 0 Å². The predicted molar refractivity (Wildman–Crippen MR) is 108 cm³/mol. The summed E-state index contributed by atoms with van der Waals surface area (Å²) in [6.07, 6.45) is 8.71. The van der Waals surface area contributed by atoms with Crippen molar-refractivity contribution in [2.75, 3.05) is 31.1 Å². The number of aromatic nitrogens is 2. The number of nitrogens with zero attached hydrogens (tertiary/aromatic N) is 4. The molecule has 2 aliphatic heterocycles. The van der Waals surface area contributed by atoms with Gasteiger partial charge in [-0.3, -0.25) is 4.79 Å². The normalized spacial score (nSPS) is 17.8. The fourth-order valence-electron chi connectivity index (χ4n) is 4.06. The molecule has 1 amide bonds. The summed E-state index contributed by atoms with van der Waals surface area (Å²) < 4.78 is 0. The van der Waals surface area contributed by atoms with Gasteiger partial charge in [0.15, 0.2) is 5.82 Å². The first-order chi connectivity index (χ1) is 13.2. The maximum atomic E-state index is 13.2. The molecule has 0 radical (unpaired) electrons. The maximum absolute atomic E-state index is 13.2. The van der Waals surface area contributed by atoms with Gasteiger partial charge in [-0.25, -0.2) is 9.97 Å². The Morgan fingerprint density at radius 1 is 0.963 bits per heavy atom. The van der Waals surface area contributed by atoms with Crippen LogP contribution in [0, 0.1) is 6.92 Å². The van der Waals surface area contributed by atoms with Crippen LogP contribution in [0.2, 0.25) is 0 Å². The Morgan fingerprint density at radius 3 is 2.37 bits per heavy atom. The van der Waals surface area contributed by atoms with Gasteiger partial charge < -0.3 is 9.80 Å². The lowest BCUT2D eigenvalue weighted by Crippen LogP contribution is -2.38. The molecule has 4 rings (SSSR count). The molecule has 2 fully saturated rings. The zero-order chi connectivity index (χ0) is 18.6. The van der Waals surface area contributed by atoms with E-state index >= 15 is 0 Å². The summed E-state index contributed by atoms with van der Waals surface area (Å²) in [5, 5.41) is 0. The molecule has 1 aromatic heterocycles. The average Bonchev–Trinajstić information content (AvgIpc) is 2.74. The highest BCUT2D eigenvalue weighted by atomic mass is 16.2. The standard InChI is InChI=1S/C22H28N4O/c1-17-9-8-10-18(15-17)20-23-16-19(22(27)26-13-6-3-7-14-26)21(24-20)25-11-4-2-5-12-25/h8-10,15-16H,2-7,11-14H2,1H3. The van der Waals surface area contributed by atoms with Gasteiger partial charge >= 0.3 is 0 Å². The number of piperidine rings is 2. The monoisotopic (exact) mass is 364 g/mol. The minimum Gasteiger partial charge on any atom is -0.356 e. The van der Waals surface area contributed by atoms with Crippen molar-refractivity contribution in [2.24, 2.45) is 0 Å². The molecule has 1 aromatic carbocycles. The molecular formula is C22H28N4O. The molecule has 0 saturated carbocycles. The van der Waals surface area contributed by atoms with Crippen LogP contribution in [0.15, 0.2) is 30.5 Å². The van der Waals surface area contributed by atoms with Crippen molar-refractivity contribution < 1.29 is 4.79 Å². The number of likely N-dealkylation sites (tertiary alicyclic amines) is 1. The Hall–Kier alpha value is -2.43. The fraction of sp³-hybridized carbons (Fsp3) is 0.500.